The average Bonchev–Trinajstić information content (AvgIpc) is 3.04. The molecule has 1 unspecified atom stereocenters. The molecule has 0 spiro atoms. The van der Waals surface area contributed by atoms with Crippen molar-refractivity contribution in [2.45, 2.75) is 25.8 Å². The third kappa shape index (κ3) is 3.04. The van der Waals surface area contributed by atoms with Gasteiger partial charge < -0.3 is 15.1 Å². The van der Waals surface area contributed by atoms with Crippen molar-refractivity contribution >= 4 is 27.5 Å². The molecule has 0 aliphatic carbocycles. The number of hydrogen-bond acceptors (Lipinski definition) is 3. The Kier molecular flexibility index (Phi) is 4.12. The number of hydrogen-bond donors (Lipinski definition) is 2. The standard InChI is InChI=1S/C16H17BrN2O2/c1-2-7-18-16(13-5-6-14(17)21-13)10-3-4-12-11(8-10)9-15(20)19-12/h3-6,8,16,18H,2,7,9H2,1H3,(H,19,20). The number of halogens is 1. The third-order valence-corrected chi connectivity index (χ3v) is 3.99. The van der Waals surface area contributed by atoms with Gasteiger partial charge in [-0.05, 0) is 58.2 Å². The van der Waals surface area contributed by atoms with Gasteiger partial charge >= 0.3 is 0 Å². The molecule has 1 aromatic heterocycles. The van der Waals surface area contributed by atoms with Gasteiger partial charge in [-0.25, -0.2) is 0 Å². The lowest BCUT2D eigenvalue weighted by Gasteiger charge is -2.17. The van der Waals surface area contributed by atoms with E-state index in [-0.39, 0.29) is 11.9 Å². The molecule has 0 bridgehead atoms. The van der Waals surface area contributed by atoms with Gasteiger partial charge in [-0.15, -0.1) is 0 Å². The van der Waals surface area contributed by atoms with E-state index in [2.05, 4.69) is 39.6 Å². The number of nitrogens with one attached hydrogen (secondary N) is 2. The first kappa shape index (κ1) is 14.4. The third-order valence-electron chi connectivity index (χ3n) is 3.56. The fourth-order valence-electron chi connectivity index (χ4n) is 2.58. The van der Waals surface area contributed by atoms with Crippen LogP contribution in [0, 0.1) is 0 Å². The summed E-state index contributed by atoms with van der Waals surface area (Å²) in [5, 5.41) is 6.36. The fourth-order valence-corrected chi connectivity index (χ4v) is 2.90. The van der Waals surface area contributed by atoms with Crippen LogP contribution in [-0.2, 0) is 11.2 Å². The first-order valence-electron chi connectivity index (χ1n) is 7.08. The Morgan fingerprint density at radius 2 is 2.24 bits per heavy atom. The zero-order valence-electron chi connectivity index (χ0n) is 11.8. The van der Waals surface area contributed by atoms with E-state index in [1.165, 1.54) is 0 Å². The summed E-state index contributed by atoms with van der Waals surface area (Å²) in [6.45, 7) is 3.03. The summed E-state index contributed by atoms with van der Waals surface area (Å²) in [7, 11) is 0. The summed E-state index contributed by atoms with van der Waals surface area (Å²) in [5.41, 5.74) is 3.07. The van der Waals surface area contributed by atoms with Crippen LogP contribution in [0.2, 0.25) is 0 Å². The molecule has 1 aliphatic rings. The minimum Gasteiger partial charge on any atom is -0.452 e. The van der Waals surface area contributed by atoms with Crippen molar-refractivity contribution < 1.29 is 9.21 Å². The van der Waals surface area contributed by atoms with E-state index in [9.17, 15) is 4.79 Å². The topological polar surface area (TPSA) is 54.3 Å². The molecule has 1 atom stereocenters. The monoisotopic (exact) mass is 348 g/mol. The van der Waals surface area contributed by atoms with Crippen LogP contribution in [0.1, 0.15) is 36.3 Å². The normalized spacial score (nSPS) is 14.9. The second-order valence-corrected chi connectivity index (χ2v) is 5.95. The van der Waals surface area contributed by atoms with E-state index in [4.69, 9.17) is 4.42 Å². The van der Waals surface area contributed by atoms with Gasteiger partial charge in [0.1, 0.15) is 5.76 Å². The number of carbonyl (C=O) groups excluding carboxylic acids is 1. The second-order valence-electron chi connectivity index (χ2n) is 5.17. The first-order valence-corrected chi connectivity index (χ1v) is 7.88. The highest BCUT2D eigenvalue weighted by Crippen LogP contribution is 2.31. The summed E-state index contributed by atoms with van der Waals surface area (Å²) in [6, 6.07) is 9.94. The molecule has 2 aromatic rings. The number of anilines is 1. The number of furan rings is 1. The number of rotatable bonds is 5. The quantitative estimate of drug-likeness (QED) is 0.867. The summed E-state index contributed by atoms with van der Waals surface area (Å²) in [5.74, 6) is 0.925. The minimum atomic E-state index is -0.00254. The highest BCUT2D eigenvalue weighted by atomic mass is 79.9. The molecular weight excluding hydrogens is 332 g/mol. The Hall–Kier alpha value is -1.59. The van der Waals surface area contributed by atoms with Crippen LogP contribution in [-0.4, -0.2) is 12.5 Å². The number of fused-ring (bicyclic) bond motifs is 1. The molecule has 0 saturated heterocycles. The molecule has 3 rings (SSSR count). The largest absolute Gasteiger partial charge is 0.452 e. The van der Waals surface area contributed by atoms with Gasteiger partial charge in [0.25, 0.3) is 0 Å². The first-order chi connectivity index (χ1) is 10.2. The van der Waals surface area contributed by atoms with E-state index in [0.29, 0.717) is 6.42 Å². The molecule has 110 valence electrons. The molecule has 2 N–H and O–H groups in total. The maximum absolute atomic E-state index is 11.5. The number of benzene rings is 1. The Balaban J connectivity index is 1.93. The van der Waals surface area contributed by atoms with E-state index >= 15 is 0 Å². The predicted molar refractivity (Wildman–Crippen MR) is 85.3 cm³/mol. The fraction of sp³-hybridized carbons (Fsp3) is 0.312. The summed E-state index contributed by atoms with van der Waals surface area (Å²) >= 11 is 3.35. The molecule has 1 amide bonds. The summed E-state index contributed by atoms with van der Waals surface area (Å²) in [6.07, 6.45) is 1.49. The second kappa shape index (κ2) is 6.03. The Labute approximate surface area is 132 Å². The van der Waals surface area contributed by atoms with E-state index in [1.807, 2.05) is 24.3 Å². The van der Waals surface area contributed by atoms with Crippen molar-refractivity contribution in [2.24, 2.45) is 0 Å². The van der Waals surface area contributed by atoms with Crippen molar-refractivity contribution in [3.8, 4) is 0 Å². The lowest BCUT2D eigenvalue weighted by atomic mass is 10.0. The lowest BCUT2D eigenvalue weighted by Crippen LogP contribution is -2.22. The lowest BCUT2D eigenvalue weighted by molar-refractivity contribution is -0.115. The van der Waals surface area contributed by atoms with Crippen LogP contribution in [0.4, 0.5) is 5.69 Å². The molecule has 0 radical (unpaired) electrons. The van der Waals surface area contributed by atoms with Gasteiger partial charge in [0.05, 0.1) is 12.5 Å². The molecular formula is C16H17BrN2O2. The SMILES string of the molecule is CCCNC(c1ccc2c(c1)CC(=O)N2)c1ccc(Br)o1. The van der Waals surface area contributed by atoms with Gasteiger partial charge in [0, 0.05) is 5.69 Å². The smallest absolute Gasteiger partial charge is 0.228 e. The van der Waals surface area contributed by atoms with Crippen molar-refractivity contribution in [1.82, 2.24) is 5.32 Å². The van der Waals surface area contributed by atoms with Gasteiger partial charge in [-0.1, -0.05) is 19.1 Å². The van der Waals surface area contributed by atoms with E-state index in [1.54, 1.807) is 0 Å². The average molecular weight is 349 g/mol. The predicted octanol–water partition coefficient (Wildman–Crippen LogP) is 3.63. The molecule has 21 heavy (non-hydrogen) atoms. The Bertz CT molecular complexity index is 666. The van der Waals surface area contributed by atoms with Crippen LogP contribution in [0.5, 0.6) is 0 Å². The molecule has 0 saturated carbocycles. The van der Waals surface area contributed by atoms with Crippen LogP contribution in [0.15, 0.2) is 39.4 Å². The highest BCUT2D eigenvalue weighted by molar-refractivity contribution is 9.10. The van der Waals surface area contributed by atoms with Crippen molar-refractivity contribution in [3.63, 3.8) is 0 Å². The van der Waals surface area contributed by atoms with Crippen LogP contribution in [0.3, 0.4) is 0 Å². The number of amides is 1. The Morgan fingerprint density at radius 1 is 1.38 bits per heavy atom. The highest BCUT2D eigenvalue weighted by Gasteiger charge is 2.22. The van der Waals surface area contributed by atoms with E-state index in [0.717, 1.165) is 40.2 Å². The molecule has 2 heterocycles. The van der Waals surface area contributed by atoms with Gasteiger partial charge in [0.15, 0.2) is 4.67 Å². The Morgan fingerprint density at radius 3 is 2.95 bits per heavy atom. The zero-order chi connectivity index (χ0) is 14.8. The van der Waals surface area contributed by atoms with Crippen molar-refractivity contribution in [3.05, 3.63) is 51.9 Å². The van der Waals surface area contributed by atoms with E-state index < -0.39 is 0 Å². The van der Waals surface area contributed by atoms with Gasteiger partial charge in [-0.3, -0.25) is 4.79 Å². The summed E-state index contributed by atoms with van der Waals surface area (Å²) in [4.78, 5) is 11.5. The maximum atomic E-state index is 11.5. The van der Waals surface area contributed by atoms with Crippen LogP contribution >= 0.6 is 15.9 Å². The minimum absolute atomic E-state index is 0.00254. The van der Waals surface area contributed by atoms with Crippen LogP contribution in [0.25, 0.3) is 0 Å². The van der Waals surface area contributed by atoms with Crippen LogP contribution < -0.4 is 10.6 Å². The van der Waals surface area contributed by atoms with Gasteiger partial charge in [-0.2, -0.15) is 0 Å². The molecule has 5 heteroatoms. The molecule has 0 fully saturated rings. The molecule has 1 aliphatic heterocycles. The van der Waals surface area contributed by atoms with Crippen molar-refractivity contribution in [2.75, 3.05) is 11.9 Å². The zero-order valence-corrected chi connectivity index (χ0v) is 13.4. The van der Waals surface area contributed by atoms with Gasteiger partial charge in [0.2, 0.25) is 5.91 Å². The summed E-state index contributed by atoms with van der Waals surface area (Å²) < 4.78 is 6.43. The molecule has 1 aromatic carbocycles. The molecule has 4 nitrogen and oxygen atoms in total. The van der Waals surface area contributed by atoms with Crippen molar-refractivity contribution in [1.29, 1.82) is 0 Å². The number of carbonyl (C=O) groups is 1. The maximum Gasteiger partial charge on any atom is 0.228 e.